The minimum atomic E-state index is -1.25. The normalized spacial score (nSPS) is 28.5. The van der Waals surface area contributed by atoms with Gasteiger partial charge in [-0.2, -0.15) is 0 Å². The third-order valence-electron chi connectivity index (χ3n) is 4.32. The monoisotopic (exact) mass is 325 g/mol. The summed E-state index contributed by atoms with van der Waals surface area (Å²) in [5, 5.41) is 19.4. The van der Waals surface area contributed by atoms with E-state index >= 15 is 0 Å². The van der Waals surface area contributed by atoms with E-state index < -0.39 is 47.0 Å². The fourth-order valence-corrected chi connectivity index (χ4v) is 3.61. The highest BCUT2D eigenvalue weighted by atomic mass is 16.5. The number of amides is 1. The second kappa shape index (κ2) is 6.40. The molecule has 1 rings (SSSR count). The van der Waals surface area contributed by atoms with E-state index in [4.69, 9.17) is 11.2 Å². The zero-order chi connectivity index (χ0) is 18.2. The number of hydrogen-bond acceptors (Lipinski definition) is 3. The predicted molar refractivity (Wildman–Crippen MR) is 86.0 cm³/mol. The van der Waals surface area contributed by atoms with Crippen LogP contribution in [0.3, 0.4) is 0 Å². The number of likely N-dealkylation sites (tertiary alicyclic amines) is 1. The third-order valence-corrected chi connectivity index (χ3v) is 4.32. The minimum absolute atomic E-state index is 0.0175. The maximum atomic E-state index is 11.9. The fraction of sp³-hybridized carbons (Fsp3) is 0.765. The van der Waals surface area contributed by atoms with Gasteiger partial charge in [-0.15, -0.1) is 6.42 Å². The summed E-state index contributed by atoms with van der Waals surface area (Å²) in [6.07, 6.45) is 3.45. The van der Waals surface area contributed by atoms with Gasteiger partial charge in [-0.3, -0.25) is 4.90 Å². The van der Waals surface area contributed by atoms with Crippen molar-refractivity contribution >= 4 is 12.1 Å². The molecule has 0 aromatic heterocycles. The van der Waals surface area contributed by atoms with E-state index in [2.05, 4.69) is 5.92 Å². The van der Waals surface area contributed by atoms with Crippen LogP contribution < -0.4 is 0 Å². The number of carboxylic acid groups (broad SMARTS) is 2. The smallest absolute Gasteiger partial charge is 0.408 e. The van der Waals surface area contributed by atoms with Crippen molar-refractivity contribution in [3.8, 4) is 12.3 Å². The lowest BCUT2D eigenvalue weighted by molar-refractivity contribution is -0.145. The van der Waals surface area contributed by atoms with Gasteiger partial charge in [0.05, 0.1) is 12.1 Å². The van der Waals surface area contributed by atoms with Crippen molar-refractivity contribution in [3.63, 3.8) is 0 Å². The van der Waals surface area contributed by atoms with Crippen molar-refractivity contribution in [1.29, 1.82) is 0 Å². The molecule has 0 aromatic carbocycles. The van der Waals surface area contributed by atoms with Crippen LogP contribution >= 0.6 is 0 Å². The maximum Gasteiger partial charge on any atom is 0.408 e. The fourth-order valence-electron chi connectivity index (χ4n) is 3.61. The number of carboxylic acids is 1. The Kier molecular flexibility index (Phi) is 5.37. The van der Waals surface area contributed by atoms with Crippen molar-refractivity contribution in [3.05, 3.63) is 0 Å². The van der Waals surface area contributed by atoms with Gasteiger partial charge in [0.1, 0.15) is 12.6 Å². The molecule has 2 N–H and O–H groups in total. The van der Waals surface area contributed by atoms with E-state index in [0.29, 0.717) is 0 Å². The summed E-state index contributed by atoms with van der Waals surface area (Å²) in [6, 6.07) is -1.77. The van der Waals surface area contributed by atoms with Gasteiger partial charge in [0.2, 0.25) is 0 Å². The molecule has 2 unspecified atom stereocenters. The zero-order valence-electron chi connectivity index (χ0n) is 14.7. The number of terminal acetylenes is 1. The maximum absolute atomic E-state index is 11.9. The first-order valence-electron chi connectivity index (χ1n) is 7.63. The molecule has 23 heavy (non-hydrogen) atoms. The van der Waals surface area contributed by atoms with Crippen molar-refractivity contribution in [2.45, 2.75) is 59.7 Å². The van der Waals surface area contributed by atoms with Crippen molar-refractivity contribution in [2.24, 2.45) is 16.7 Å². The lowest BCUT2D eigenvalue weighted by Crippen LogP contribution is -2.51. The van der Waals surface area contributed by atoms with Crippen LogP contribution in [0.1, 0.15) is 41.5 Å². The van der Waals surface area contributed by atoms with Gasteiger partial charge in [-0.1, -0.05) is 47.5 Å². The summed E-state index contributed by atoms with van der Waals surface area (Å²) in [7, 11) is 0. The summed E-state index contributed by atoms with van der Waals surface area (Å²) in [5.41, 5.74) is -0.957. The molecule has 130 valence electrons. The minimum Gasteiger partial charge on any atom is -0.480 e. The highest BCUT2D eigenvalue weighted by Gasteiger charge is 2.61. The van der Waals surface area contributed by atoms with Crippen LogP contribution in [0.4, 0.5) is 4.79 Å². The number of hydrogen-bond donors (Lipinski definition) is 2. The first-order valence-corrected chi connectivity index (χ1v) is 7.63. The Bertz CT molecular complexity index is 471. The van der Waals surface area contributed by atoms with Crippen LogP contribution in [0.15, 0.2) is 0 Å². The Morgan fingerprint density at radius 1 is 1.13 bits per heavy atom. The zero-order valence-corrected chi connectivity index (χ0v) is 14.7. The van der Waals surface area contributed by atoms with E-state index in [0.717, 1.165) is 4.90 Å². The number of aliphatic carboxylic acids is 1. The van der Waals surface area contributed by atoms with Crippen LogP contribution in [0.25, 0.3) is 0 Å². The average Bonchev–Trinajstić information content (AvgIpc) is 2.70. The molecule has 1 fully saturated rings. The molecular weight excluding hydrogens is 298 g/mol. The average molecular weight is 325 g/mol. The lowest BCUT2D eigenvalue weighted by atomic mass is 9.71. The highest BCUT2D eigenvalue weighted by Crippen LogP contribution is 2.48. The van der Waals surface area contributed by atoms with E-state index in [1.54, 1.807) is 0 Å². The van der Waals surface area contributed by atoms with Crippen molar-refractivity contribution in [2.75, 3.05) is 6.61 Å². The molecule has 0 saturated carbocycles. The van der Waals surface area contributed by atoms with Crippen LogP contribution in [0.5, 0.6) is 0 Å². The summed E-state index contributed by atoms with van der Waals surface area (Å²) in [5.74, 6) is 0.726. The number of ether oxygens (including phenoxy) is 1. The molecule has 4 atom stereocenters. The number of nitrogens with zero attached hydrogens (tertiary/aromatic N) is 1. The van der Waals surface area contributed by atoms with Crippen LogP contribution in [0.2, 0.25) is 0 Å². The largest absolute Gasteiger partial charge is 0.480 e. The van der Waals surface area contributed by atoms with Gasteiger partial charge in [-0.25, -0.2) is 9.59 Å². The molecule has 0 radical (unpaired) electrons. The predicted octanol–water partition coefficient (Wildman–Crippen LogP) is 2.53. The van der Waals surface area contributed by atoms with Crippen LogP contribution in [-0.4, -0.2) is 52.0 Å². The molecule has 1 aliphatic rings. The summed E-state index contributed by atoms with van der Waals surface area (Å²) in [4.78, 5) is 24.7. The van der Waals surface area contributed by atoms with Gasteiger partial charge >= 0.3 is 12.1 Å². The van der Waals surface area contributed by atoms with E-state index in [1.807, 2.05) is 41.5 Å². The Hall–Kier alpha value is -1.74. The summed E-state index contributed by atoms with van der Waals surface area (Å²) in [6.45, 7) is 11.3. The van der Waals surface area contributed by atoms with Gasteiger partial charge in [0, 0.05) is 5.92 Å². The van der Waals surface area contributed by atoms with E-state index in [9.17, 15) is 19.8 Å². The Morgan fingerprint density at radius 2 is 1.65 bits per heavy atom. The van der Waals surface area contributed by atoms with E-state index in [1.165, 1.54) is 0 Å². The molecule has 0 bridgehead atoms. The Balaban J connectivity index is 3.53. The van der Waals surface area contributed by atoms with Crippen molar-refractivity contribution < 1.29 is 24.5 Å². The second-order valence-corrected chi connectivity index (χ2v) is 8.16. The van der Waals surface area contributed by atoms with E-state index in [-0.39, 0.29) is 6.61 Å². The molecule has 0 aromatic rings. The molecule has 1 heterocycles. The topological polar surface area (TPSA) is 87.1 Å². The number of rotatable bonds is 3. The second-order valence-electron chi connectivity index (χ2n) is 8.16. The molecule has 1 amide bonds. The van der Waals surface area contributed by atoms with Gasteiger partial charge in [0.25, 0.3) is 0 Å². The van der Waals surface area contributed by atoms with Gasteiger partial charge < -0.3 is 14.9 Å². The SMILES string of the molecule is C#CCO[C@@H]1C(C(C)(C)C)[C@@H](C(=O)O)N(C(=O)O)C1C(C)(C)C. The van der Waals surface area contributed by atoms with Crippen molar-refractivity contribution in [1.82, 2.24) is 4.90 Å². The summed E-state index contributed by atoms with van der Waals surface area (Å²) < 4.78 is 5.79. The molecule has 1 aliphatic heterocycles. The molecule has 0 spiro atoms. The first-order chi connectivity index (χ1) is 10.3. The number of carbonyl (C=O) groups is 2. The van der Waals surface area contributed by atoms with Gasteiger partial charge in [0.15, 0.2) is 0 Å². The Morgan fingerprint density at radius 3 is 1.96 bits per heavy atom. The first kappa shape index (κ1) is 19.3. The summed E-state index contributed by atoms with van der Waals surface area (Å²) >= 11 is 0. The molecule has 6 heteroatoms. The molecule has 0 aliphatic carbocycles. The highest BCUT2D eigenvalue weighted by molar-refractivity contribution is 5.81. The molecule has 6 nitrogen and oxygen atoms in total. The lowest BCUT2D eigenvalue weighted by Gasteiger charge is -2.38. The quantitative estimate of drug-likeness (QED) is 0.779. The van der Waals surface area contributed by atoms with Crippen LogP contribution in [-0.2, 0) is 9.53 Å². The third kappa shape index (κ3) is 3.78. The van der Waals surface area contributed by atoms with Crippen LogP contribution in [0, 0.1) is 29.1 Å². The standard InChI is InChI=1S/C17H27NO5/c1-8-9-23-12-10(16(2,3)4)11(14(19)20)18(15(21)22)13(12)17(5,6)7/h1,10-13H,9H2,2-7H3,(H,19,20)(H,21,22)/t10?,11-,12+,13?/m0/s1. The van der Waals surface area contributed by atoms with Gasteiger partial charge in [-0.05, 0) is 10.8 Å². The molecule has 1 saturated heterocycles. The molecular formula is C17H27NO5. The Labute approximate surface area is 137 Å².